The molecule has 4 aliphatic carbocycles. The summed E-state index contributed by atoms with van der Waals surface area (Å²) in [7, 11) is 0. The van der Waals surface area contributed by atoms with E-state index in [1.165, 1.54) is 0 Å². The Morgan fingerprint density at radius 3 is 2.51 bits per heavy atom. The van der Waals surface area contributed by atoms with Crippen molar-refractivity contribution in [1.82, 2.24) is 0 Å². The van der Waals surface area contributed by atoms with Crippen molar-refractivity contribution in [2.75, 3.05) is 6.61 Å². The first-order valence-electron chi connectivity index (χ1n) is 13.0. The first-order valence-corrected chi connectivity index (χ1v) is 13.0. The van der Waals surface area contributed by atoms with Crippen LogP contribution >= 0.6 is 0 Å². The Kier molecular flexibility index (Phi) is 5.48. The maximum absolute atomic E-state index is 13.9. The fraction of sp³-hybridized carbons (Fsp3) is 0.714. The Morgan fingerprint density at radius 1 is 1.11 bits per heavy atom. The number of carbonyl (C=O) groups excluding carboxylic acids is 4. The molecule has 1 aliphatic heterocycles. The van der Waals surface area contributed by atoms with Gasteiger partial charge in [0.2, 0.25) is 5.78 Å². The van der Waals surface area contributed by atoms with Gasteiger partial charge in [0.05, 0.1) is 6.10 Å². The Bertz CT molecular complexity index is 1060. The van der Waals surface area contributed by atoms with Gasteiger partial charge in [-0.15, -0.1) is 0 Å². The van der Waals surface area contributed by atoms with E-state index in [1.54, 1.807) is 26.0 Å². The van der Waals surface area contributed by atoms with E-state index in [1.807, 2.05) is 13.0 Å². The molecule has 1 heterocycles. The van der Waals surface area contributed by atoms with Gasteiger partial charge in [0.1, 0.15) is 5.60 Å². The Balaban J connectivity index is 1.55. The van der Waals surface area contributed by atoms with Crippen LogP contribution in [0.2, 0.25) is 0 Å². The molecule has 7 heteroatoms. The fourth-order valence-electron chi connectivity index (χ4n) is 8.44. The molecule has 0 amide bonds. The SMILES string of the molecule is CCC(=O)OCC(=O)C1(OC(=O)CC)C(C)CC2C3CCC4=CC(=O)C=CC4(C)C34OC4CC21C. The maximum atomic E-state index is 13.9. The van der Waals surface area contributed by atoms with E-state index in [0.717, 1.165) is 24.8 Å². The van der Waals surface area contributed by atoms with Crippen LogP contribution in [0.5, 0.6) is 0 Å². The summed E-state index contributed by atoms with van der Waals surface area (Å²) in [6, 6.07) is 0. The van der Waals surface area contributed by atoms with Crippen LogP contribution in [0.4, 0.5) is 0 Å². The molecule has 0 aromatic heterocycles. The third kappa shape index (κ3) is 3.00. The number of epoxide rings is 1. The van der Waals surface area contributed by atoms with Crippen molar-refractivity contribution in [1.29, 1.82) is 0 Å². The van der Waals surface area contributed by atoms with E-state index < -0.39 is 35.2 Å². The number of Topliss-reactive ketones (excluding diaryl/α,β-unsaturated/α-hetero) is 1. The van der Waals surface area contributed by atoms with E-state index in [9.17, 15) is 19.2 Å². The zero-order chi connectivity index (χ0) is 25.4. The predicted octanol–water partition coefficient (Wildman–Crippen LogP) is 3.89. The lowest BCUT2D eigenvalue weighted by molar-refractivity contribution is -0.194. The summed E-state index contributed by atoms with van der Waals surface area (Å²) in [4.78, 5) is 50.5. The molecule has 5 aliphatic rings. The minimum atomic E-state index is -1.37. The summed E-state index contributed by atoms with van der Waals surface area (Å²) in [6.45, 7) is 9.24. The fourth-order valence-corrected chi connectivity index (χ4v) is 8.44. The molecule has 8 atom stereocenters. The molecule has 190 valence electrons. The van der Waals surface area contributed by atoms with E-state index >= 15 is 0 Å². The van der Waals surface area contributed by atoms with Crippen molar-refractivity contribution in [2.24, 2.45) is 28.6 Å². The highest BCUT2D eigenvalue weighted by atomic mass is 16.6. The molecular weight excluding hydrogens is 448 g/mol. The van der Waals surface area contributed by atoms with Crippen LogP contribution in [0.1, 0.15) is 73.1 Å². The molecule has 5 rings (SSSR count). The van der Waals surface area contributed by atoms with Crippen LogP contribution in [-0.2, 0) is 33.4 Å². The Morgan fingerprint density at radius 2 is 1.83 bits per heavy atom. The number of rotatable bonds is 6. The van der Waals surface area contributed by atoms with E-state index in [-0.39, 0.29) is 53.7 Å². The van der Waals surface area contributed by atoms with Crippen LogP contribution < -0.4 is 0 Å². The highest BCUT2D eigenvalue weighted by molar-refractivity contribution is 6.01. The second-order valence-electron chi connectivity index (χ2n) is 11.5. The lowest BCUT2D eigenvalue weighted by Gasteiger charge is -2.56. The third-order valence-corrected chi connectivity index (χ3v) is 10.1. The zero-order valence-corrected chi connectivity index (χ0v) is 21.3. The summed E-state index contributed by atoms with van der Waals surface area (Å²) in [5, 5.41) is 0. The average Bonchev–Trinajstić information content (AvgIpc) is 3.50. The lowest BCUT2D eigenvalue weighted by Crippen LogP contribution is -2.63. The molecule has 0 bridgehead atoms. The van der Waals surface area contributed by atoms with Crippen molar-refractivity contribution in [3.05, 3.63) is 23.8 Å². The van der Waals surface area contributed by atoms with Gasteiger partial charge in [-0.2, -0.15) is 0 Å². The maximum Gasteiger partial charge on any atom is 0.306 e. The minimum absolute atomic E-state index is 0.0254. The minimum Gasteiger partial charge on any atom is -0.457 e. The molecule has 8 unspecified atom stereocenters. The summed E-state index contributed by atoms with van der Waals surface area (Å²) < 4.78 is 18.0. The highest BCUT2D eigenvalue weighted by Crippen LogP contribution is 2.77. The van der Waals surface area contributed by atoms with Crippen molar-refractivity contribution in [3.8, 4) is 0 Å². The Hall–Kier alpha value is -2.28. The lowest BCUT2D eigenvalue weighted by atomic mass is 9.46. The largest absolute Gasteiger partial charge is 0.457 e. The first kappa shape index (κ1) is 24.4. The van der Waals surface area contributed by atoms with Gasteiger partial charge in [0.15, 0.2) is 18.0 Å². The van der Waals surface area contributed by atoms with Crippen molar-refractivity contribution in [3.63, 3.8) is 0 Å². The number of allylic oxidation sites excluding steroid dienone is 2. The quantitative estimate of drug-likeness (QED) is 0.417. The van der Waals surface area contributed by atoms with Crippen molar-refractivity contribution in [2.45, 2.75) is 90.4 Å². The number of fused-ring (bicyclic) bond motifs is 3. The normalized spacial score (nSPS) is 44.8. The number of ketones is 2. The first-order chi connectivity index (χ1) is 16.5. The second kappa shape index (κ2) is 7.86. The average molecular weight is 485 g/mol. The molecule has 0 N–H and O–H groups in total. The number of hydrogen-bond acceptors (Lipinski definition) is 7. The van der Waals surface area contributed by atoms with Gasteiger partial charge in [-0.3, -0.25) is 19.2 Å². The smallest absolute Gasteiger partial charge is 0.306 e. The highest BCUT2D eigenvalue weighted by Gasteiger charge is 2.83. The van der Waals surface area contributed by atoms with Gasteiger partial charge in [-0.1, -0.05) is 39.3 Å². The molecule has 0 aromatic carbocycles. The van der Waals surface area contributed by atoms with E-state index in [0.29, 0.717) is 6.42 Å². The van der Waals surface area contributed by atoms with Gasteiger partial charge in [-0.25, -0.2) is 0 Å². The summed E-state index contributed by atoms with van der Waals surface area (Å²) in [5.74, 6) is -1.14. The van der Waals surface area contributed by atoms with Crippen LogP contribution in [0.3, 0.4) is 0 Å². The molecule has 35 heavy (non-hydrogen) atoms. The molecule has 0 radical (unpaired) electrons. The number of hydrogen-bond donors (Lipinski definition) is 0. The van der Waals surface area contributed by atoms with Gasteiger partial charge in [0, 0.05) is 29.6 Å². The zero-order valence-electron chi connectivity index (χ0n) is 21.3. The van der Waals surface area contributed by atoms with Crippen molar-refractivity contribution < 1.29 is 33.4 Å². The van der Waals surface area contributed by atoms with E-state index in [4.69, 9.17) is 14.2 Å². The van der Waals surface area contributed by atoms with Gasteiger partial charge >= 0.3 is 11.9 Å². The molecule has 1 spiro atoms. The topological polar surface area (TPSA) is 99.3 Å². The van der Waals surface area contributed by atoms with Crippen LogP contribution in [0, 0.1) is 28.6 Å². The number of ether oxygens (including phenoxy) is 3. The van der Waals surface area contributed by atoms with Crippen LogP contribution in [0.15, 0.2) is 23.8 Å². The third-order valence-electron chi connectivity index (χ3n) is 10.1. The number of carbonyl (C=O) groups is 4. The van der Waals surface area contributed by atoms with Gasteiger partial charge < -0.3 is 14.2 Å². The summed E-state index contributed by atoms with van der Waals surface area (Å²) >= 11 is 0. The monoisotopic (exact) mass is 484 g/mol. The standard InChI is InChI=1S/C28H36O7/c1-6-23(31)33-15-21(30)27(35-24(32)7-2)16(3)12-20-19-9-8-17-13-18(29)10-11-25(17,4)28(19)22(34-28)14-26(20,27)5/h10-11,13,16,19-20,22H,6-9,12,14-15H2,1-5H3. The summed E-state index contributed by atoms with van der Waals surface area (Å²) in [6.07, 6.45) is 8.66. The molecule has 7 nitrogen and oxygen atoms in total. The Labute approximate surface area is 206 Å². The van der Waals surface area contributed by atoms with Crippen LogP contribution in [0.25, 0.3) is 0 Å². The second-order valence-corrected chi connectivity index (χ2v) is 11.5. The van der Waals surface area contributed by atoms with E-state index in [2.05, 4.69) is 13.8 Å². The molecule has 1 saturated heterocycles. The van der Waals surface area contributed by atoms with Gasteiger partial charge in [0.25, 0.3) is 0 Å². The van der Waals surface area contributed by atoms with Gasteiger partial charge in [-0.05, 0) is 56.6 Å². The van der Waals surface area contributed by atoms with Crippen molar-refractivity contribution >= 4 is 23.5 Å². The number of esters is 2. The van der Waals surface area contributed by atoms with Crippen LogP contribution in [-0.4, -0.2) is 47.4 Å². The molecule has 0 aromatic rings. The molecular formula is C28H36O7. The summed E-state index contributed by atoms with van der Waals surface area (Å²) in [5.41, 5.74) is -1.64. The predicted molar refractivity (Wildman–Crippen MR) is 126 cm³/mol. The molecule has 3 saturated carbocycles. The molecule has 4 fully saturated rings.